The highest BCUT2D eigenvalue weighted by molar-refractivity contribution is 5.89. The first kappa shape index (κ1) is 12.2. The molecule has 0 aliphatic heterocycles. The van der Waals surface area contributed by atoms with Crippen LogP contribution < -0.4 is 11.2 Å². The summed E-state index contributed by atoms with van der Waals surface area (Å²) in [7, 11) is 0. The number of nitrogen functional groups attached to an aromatic ring is 1. The van der Waals surface area contributed by atoms with Crippen LogP contribution in [-0.4, -0.2) is 17.6 Å². The minimum atomic E-state index is -3.04. The first-order chi connectivity index (χ1) is 7.49. The number of nitrogens with two attached hydrogens (primary N) is 1. The maximum Gasteiger partial charge on any atom is 0.343 e. The number of aromatic nitrogens is 1. The Hall–Kier alpha value is -1.92. The summed E-state index contributed by atoms with van der Waals surface area (Å²) in [4.78, 5) is 24.9. The minimum Gasteiger partial charge on any atom is -0.462 e. The first-order valence-corrected chi connectivity index (χ1v) is 4.45. The van der Waals surface area contributed by atoms with Crippen molar-refractivity contribution >= 4 is 11.8 Å². The number of carbonyl (C=O) groups excluding carboxylic acids is 1. The molecular formula is C9H10F2N2O3. The van der Waals surface area contributed by atoms with E-state index >= 15 is 0 Å². The van der Waals surface area contributed by atoms with E-state index in [1.165, 1.54) is 6.92 Å². The molecule has 0 fully saturated rings. The lowest BCUT2D eigenvalue weighted by Gasteiger charge is -2.06. The Morgan fingerprint density at radius 1 is 1.62 bits per heavy atom. The summed E-state index contributed by atoms with van der Waals surface area (Å²) < 4.78 is 29.5. The van der Waals surface area contributed by atoms with Crippen molar-refractivity contribution in [3.8, 4) is 0 Å². The third-order valence-electron chi connectivity index (χ3n) is 1.86. The number of esters is 1. The molecule has 1 rings (SSSR count). The molecule has 0 unspecified atom stereocenters. The Kier molecular flexibility index (Phi) is 3.60. The first-order valence-electron chi connectivity index (χ1n) is 4.45. The highest BCUT2D eigenvalue weighted by Gasteiger charge is 2.22. The maximum atomic E-state index is 12.5. The Morgan fingerprint density at radius 3 is 2.75 bits per heavy atom. The summed E-state index contributed by atoms with van der Waals surface area (Å²) in [5, 5.41) is 0. The van der Waals surface area contributed by atoms with E-state index in [2.05, 4.69) is 9.72 Å². The van der Waals surface area contributed by atoms with Crippen LogP contribution in [0, 0.1) is 0 Å². The lowest BCUT2D eigenvalue weighted by atomic mass is 10.2. The van der Waals surface area contributed by atoms with E-state index in [9.17, 15) is 18.4 Å². The molecular weight excluding hydrogens is 222 g/mol. The molecule has 0 saturated carbocycles. The van der Waals surface area contributed by atoms with Crippen LogP contribution in [0.25, 0.3) is 0 Å². The zero-order valence-electron chi connectivity index (χ0n) is 8.42. The molecule has 88 valence electrons. The van der Waals surface area contributed by atoms with Gasteiger partial charge in [0, 0.05) is 6.20 Å². The molecule has 3 N–H and O–H groups in total. The van der Waals surface area contributed by atoms with Gasteiger partial charge >= 0.3 is 5.97 Å². The van der Waals surface area contributed by atoms with Crippen LogP contribution in [0.2, 0.25) is 0 Å². The largest absolute Gasteiger partial charge is 0.462 e. The summed E-state index contributed by atoms with van der Waals surface area (Å²) in [6, 6.07) is 0. The van der Waals surface area contributed by atoms with Gasteiger partial charge in [0.05, 0.1) is 6.61 Å². The van der Waals surface area contributed by atoms with Crippen molar-refractivity contribution < 1.29 is 18.3 Å². The molecule has 0 atom stereocenters. The molecule has 0 aliphatic carbocycles. The monoisotopic (exact) mass is 232 g/mol. The minimum absolute atomic E-state index is 0.0483. The van der Waals surface area contributed by atoms with E-state index in [4.69, 9.17) is 5.73 Å². The number of halogens is 2. The smallest absolute Gasteiger partial charge is 0.343 e. The molecule has 0 aliphatic rings. The number of alkyl halides is 2. The van der Waals surface area contributed by atoms with Crippen molar-refractivity contribution in [1.82, 2.24) is 4.98 Å². The fourth-order valence-electron chi connectivity index (χ4n) is 1.14. The van der Waals surface area contributed by atoms with E-state index in [-0.39, 0.29) is 6.61 Å². The fourth-order valence-corrected chi connectivity index (χ4v) is 1.14. The van der Waals surface area contributed by atoms with Crippen molar-refractivity contribution in [3.05, 3.63) is 27.5 Å². The Bertz CT molecular complexity index is 457. The fraction of sp³-hybridized carbons (Fsp3) is 0.333. The number of ether oxygens (including phenoxy) is 1. The van der Waals surface area contributed by atoms with E-state index in [0.29, 0.717) is 0 Å². The Morgan fingerprint density at radius 2 is 2.25 bits per heavy atom. The molecule has 0 amide bonds. The van der Waals surface area contributed by atoms with Crippen LogP contribution in [0.3, 0.4) is 0 Å². The van der Waals surface area contributed by atoms with Crippen molar-refractivity contribution in [2.75, 3.05) is 12.3 Å². The molecule has 0 radical (unpaired) electrons. The van der Waals surface area contributed by atoms with Gasteiger partial charge in [-0.3, -0.25) is 4.79 Å². The van der Waals surface area contributed by atoms with Crippen LogP contribution in [0.5, 0.6) is 0 Å². The molecule has 7 heteroatoms. The third-order valence-corrected chi connectivity index (χ3v) is 1.86. The average Bonchev–Trinajstić information content (AvgIpc) is 2.17. The molecule has 0 aromatic carbocycles. The number of hydrogen-bond acceptors (Lipinski definition) is 4. The summed E-state index contributed by atoms with van der Waals surface area (Å²) in [5.41, 5.74) is 2.68. The molecule has 1 aromatic rings. The van der Waals surface area contributed by atoms with E-state index in [1.54, 1.807) is 0 Å². The SMILES string of the molecule is CCOC(=O)c1c[nH]c(N)c(C(F)F)c1=O. The van der Waals surface area contributed by atoms with E-state index in [0.717, 1.165) is 6.20 Å². The van der Waals surface area contributed by atoms with Crippen molar-refractivity contribution in [3.63, 3.8) is 0 Å². The van der Waals surface area contributed by atoms with Gasteiger partial charge in [0.2, 0.25) is 5.43 Å². The molecule has 5 nitrogen and oxygen atoms in total. The Labute approximate surface area is 89.2 Å². The van der Waals surface area contributed by atoms with Crippen LogP contribution in [-0.2, 0) is 4.74 Å². The normalized spacial score (nSPS) is 10.5. The van der Waals surface area contributed by atoms with Crippen LogP contribution in [0.4, 0.5) is 14.6 Å². The zero-order valence-corrected chi connectivity index (χ0v) is 8.42. The van der Waals surface area contributed by atoms with Gasteiger partial charge < -0.3 is 15.5 Å². The van der Waals surface area contributed by atoms with Crippen molar-refractivity contribution in [1.29, 1.82) is 0 Å². The number of hydrogen-bond donors (Lipinski definition) is 2. The second-order valence-corrected chi connectivity index (χ2v) is 2.88. The van der Waals surface area contributed by atoms with Gasteiger partial charge in [0.25, 0.3) is 6.43 Å². The Balaban J connectivity index is 3.29. The summed E-state index contributed by atoms with van der Waals surface area (Å²) in [5.74, 6) is -1.40. The molecule has 16 heavy (non-hydrogen) atoms. The highest BCUT2D eigenvalue weighted by Crippen LogP contribution is 2.19. The lowest BCUT2D eigenvalue weighted by molar-refractivity contribution is 0.0524. The van der Waals surface area contributed by atoms with Gasteiger partial charge in [-0.25, -0.2) is 13.6 Å². The lowest BCUT2D eigenvalue weighted by Crippen LogP contribution is -2.23. The highest BCUT2D eigenvalue weighted by atomic mass is 19.3. The third kappa shape index (κ3) is 2.18. The molecule has 1 aromatic heterocycles. The van der Waals surface area contributed by atoms with Crippen LogP contribution in [0.15, 0.2) is 11.0 Å². The summed E-state index contributed by atoms with van der Waals surface area (Å²) in [6.07, 6.45) is -2.08. The number of nitrogens with one attached hydrogen (secondary N) is 1. The zero-order chi connectivity index (χ0) is 12.3. The van der Waals surface area contributed by atoms with Crippen molar-refractivity contribution in [2.24, 2.45) is 0 Å². The van der Waals surface area contributed by atoms with Gasteiger partial charge in [0.15, 0.2) is 0 Å². The molecule has 0 saturated heterocycles. The molecule has 0 spiro atoms. The van der Waals surface area contributed by atoms with Gasteiger partial charge in [-0.15, -0.1) is 0 Å². The van der Waals surface area contributed by atoms with Gasteiger partial charge in [-0.05, 0) is 6.92 Å². The number of H-pyrrole nitrogens is 1. The summed E-state index contributed by atoms with van der Waals surface area (Å²) in [6.45, 7) is 1.59. The van der Waals surface area contributed by atoms with Gasteiger partial charge in [-0.1, -0.05) is 0 Å². The quantitative estimate of drug-likeness (QED) is 0.763. The number of anilines is 1. The second-order valence-electron chi connectivity index (χ2n) is 2.88. The predicted octanol–water partition coefficient (Wildman–Crippen LogP) is 1.07. The van der Waals surface area contributed by atoms with Crippen LogP contribution in [0.1, 0.15) is 29.3 Å². The van der Waals surface area contributed by atoms with Gasteiger partial charge in [0.1, 0.15) is 16.9 Å². The number of aromatic amines is 1. The average molecular weight is 232 g/mol. The number of rotatable bonds is 3. The standard InChI is InChI=1S/C9H10F2N2O3/c1-2-16-9(15)4-3-13-8(12)5(6(4)14)7(10)11/h3,7H,2H2,1H3,(H3,12,13,14). The van der Waals surface area contributed by atoms with Gasteiger partial charge in [-0.2, -0.15) is 0 Å². The second kappa shape index (κ2) is 4.73. The van der Waals surface area contributed by atoms with E-state index in [1.807, 2.05) is 0 Å². The number of carbonyl (C=O) groups is 1. The van der Waals surface area contributed by atoms with E-state index < -0.39 is 34.8 Å². The maximum absolute atomic E-state index is 12.5. The molecule has 1 heterocycles. The molecule has 0 bridgehead atoms. The summed E-state index contributed by atoms with van der Waals surface area (Å²) >= 11 is 0. The van der Waals surface area contributed by atoms with Crippen molar-refractivity contribution in [2.45, 2.75) is 13.3 Å². The predicted molar refractivity (Wildman–Crippen MR) is 52.4 cm³/mol. The number of pyridine rings is 1. The topological polar surface area (TPSA) is 85.2 Å². The van der Waals surface area contributed by atoms with Crippen LogP contribution >= 0.6 is 0 Å².